The van der Waals surface area contributed by atoms with Crippen LogP contribution in [0.1, 0.15) is 29.6 Å². The van der Waals surface area contributed by atoms with Crippen molar-refractivity contribution in [2.45, 2.75) is 33.4 Å². The number of aromatic nitrogens is 6. The Labute approximate surface area is 200 Å². The molecule has 2 aromatic carbocycles. The Morgan fingerprint density at radius 2 is 1.83 bits per heavy atom. The minimum absolute atomic E-state index is 0.136. The molecule has 0 aliphatic rings. The van der Waals surface area contributed by atoms with Crippen LogP contribution in [-0.4, -0.2) is 40.5 Å². The molecular weight excluding hydrogens is 442 g/mol. The predicted molar refractivity (Wildman–Crippen MR) is 134 cm³/mol. The monoisotopic (exact) mass is 465 g/mol. The van der Waals surface area contributed by atoms with E-state index < -0.39 is 6.10 Å². The third kappa shape index (κ3) is 3.90. The molecule has 0 aliphatic heterocycles. The van der Waals surface area contributed by atoms with E-state index in [1.165, 1.54) is 6.33 Å². The van der Waals surface area contributed by atoms with Crippen LogP contribution in [0.3, 0.4) is 0 Å². The summed E-state index contributed by atoms with van der Waals surface area (Å²) in [7, 11) is 0. The first kappa shape index (κ1) is 22.3. The van der Waals surface area contributed by atoms with Crippen molar-refractivity contribution in [3.05, 3.63) is 81.8 Å². The molecule has 0 unspecified atom stereocenters. The van der Waals surface area contributed by atoms with E-state index in [1.807, 2.05) is 56.3 Å². The molecule has 3 N–H and O–H groups in total. The SMILES string of the molecule is Cc1ccccc1-n1c(Cn2nc(C#C[C@H](C)O)c3c(N)ncnc32)nc2cccc(C)c2c1=O. The smallest absolute Gasteiger partial charge is 0.266 e. The summed E-state index contributed by atoms with van der Waals surface area (Å²) in [6.07, 6.45) is 0.519. The van der Waals surface area contributed by atoms with E-state index in [-0.39, 0.29) is 17.9 Å². The molecule has 1 atom stereocenters. The lowest BCUT2D eigenvalue weighted by atomic mass is 10.1. The van der Waals surface area contributed by atoms with Crippen molar-refractivity contribution in [3.63, 3.8) is 0 Å². The summed E-state index contributed by atoms with van der Waals surface area (Å²) in [5.74, 6) is 6.26. The van der Waals surface area contributed by atoms with Crippen LogP contribution in [-0.2, 0) is 6.54 Å². The quantitative estimate of drug-likeness (QED) is 0.392. The molecule has 0 spiro atoms. The third-order valence-corrected chi connectivity index (χ3v) is 5.78. The number of rotatable bonds is 3. The summed E-state index contributed by atoms with van der Waals surface area (Å²) in [6, 6.07) is 13.3. The minimum atomic E-state index is -0.835. The molecule has 0 saturated heterocycles. The van der Waals surface area contributed by atoms with Crippen molar-refractivity contribution in [3.8, 4) is 17.5 Å². The van der Waals surface area contributed by atoms with E-state index in [4.69, 9.17) is 10.7 Å². The van der Waals surface area contributed by atoms with Crippen LogP contribution in [0, 0.1) is 25.7 Å². The Morgan fingerprint density at radius 3 is 2.60 bits per heavy atom. The number of benzene rings is 2. The molecule has 0 fully saturated rings. The summed E-state index contributed by atoms with van der Waals surface area (Å²) < 4.78 is 3.24. The maximum atomic E-state index is 13.8. The predicted octanol–water partition coefficient (Wildman–Crippen LogP) is 2.51. The second-order valence-electron chi connectivity index (χ2n) is 8.33. The molecule has 0 radical (unpaired) electrons. The van der Waals surface area contributed by atoms with Crippen LogP contribution < -0.4 is 11.3 Å². The molecule has 3 aromatic heterocycles. The van der Waals surface area contributed by atoms with Crippen LogP contribution in [0.25, 0.3) is 27.6 Å². The van der Waals surface area contributed by atoms with Gasteiger partial charge in [-0.3, -0.25) is 9.36 Å². The first-order valence-electron chi connectivity index (χ1n) is 11.1. The Balaban J connectivity index is 1.79. The highest BCUT2D eigenvalue weighted by atomic mass is 16.3. The summed E-state index contributed by atoms with van der Waals surface area (Å²) in [5, 5.41) is 15.3. The first-order chi connectivity index (χ1) is 16.8. The highest BCUT2D eigenvalue weighted by Crippen LogP contribution is 2.23. The zero-order chi connectivity index (χ0) is 24.7. The summed E-state index contributed by atoms with van der Waals surface area (Å²) in [6.45, 7) is 5.56. The molecule has 5 rings (SSSR count). The molecule has 0 bridgehead atoms. The summed E-state index contributed by atoms with van der Waals surface area (Å²) in [4.78, 5) is 27.1. The number of aryl methyl sites for hydroxylation is 2. The van der Waals surface area contributed by atoms with Gasteiger partial charge in [-0.2, -0.15) is 5.10 Å². The Kier molecular flexibility index (Phi) is 5.51. The average molecular weight is 466 g/mol. The molecular formula is C26H23N7O2. The molecule has 5 aromatic rings. The van der Waals surface area contributed by atoms with E-state index >= 15 is 0 Å². The van der Waals surface area contributed by atoms with Crippen LogP contribution >= 0.6 is 0 Å². The van der Waals surface area contributed by atoms with Gasteiger partial charge in [0.25, 0.3) is 5.56 Å². The number of para-hydroxylation sites is 1. The Bertz CT molecular complexity index is 1720. The zero-order valence-electron chi connectivity index (χ0n) is 19.5. The van der Waals surface area contributed by atoms with Crippen molar-refractivity contribution in [2.24, 2.45) is 0 Å². The van der Waals surface area contributed by atoms with Gasteiger partial charge in [0.2, 0.25) is 0 Å². The number of nitrogens with zero attached hydrogens (tertiary/aromatic N) is 6. The Hall–Kier alpha value is -4.55. The topological polar surface area (TPSA) is 125 Å². The highest BCUT2D eigenvalue weighted by molar-refractivity contribution is 5.90. The van der Waals surface area contributed by atoms with E-state index in [2.05, 4.69) is 26.9 Å². The van der Waals surface area contributed by atoms with Crippen LogP contribution in [0.2, 0.25) is 0 Å². The molecule has 3 heterocycles. The van der Waals surface area contributed by atoms with Gasteiger partial charge in [0, 0.05) is 0 Å². The van der Waals surface area contributed by atoms with E-state index in [9.17, 15) is 9.90 Å². The molecule has 9 nitrogen and oxygen atoms in total. The fourth-order valence-corrected chi connectivity index (χ4v) is 4.15. The number of nitrogens with two attached hydrogens (primary N) is 1. The fraction of sp³-hybridized carbons (Fsp3) is 0.192. The maximum absolute atomic E-state index is 13.8. The van der Waals surface area contributed by atoms with Gasteiger partial charge in [0.15, 0.2) is 5.65 Å². The molecule has 35 heavy (non-hydrogen) atoms. The number of hydrogen-bond acceptors (Lipinski definition) is 7. The van der Waals surface area contributed by atoms with Crippen molar-refractivity contribution >= 4 is 27.8 Å². The molecule has 0 saturated carbocycles. The Morgan fingerprint density at radius 1 is 1.06 bits per heavy atom. The van der Waals surface area contributed by atoms with Gasteiger partial charge in [-0.05, 0) is 50.0 Å². The summed E-state index contributed by atoms with van der Waals surface area (Å²) >= 11 is 0. The van der Waals surface area contributed by atoms with Crippen molar-refractivity contribution in [1.29, 1.82) is 0 Å². The van der Waals surface area contributed by atoms with Crippen LogP contribution in [0.15, 0.2) is 53.6 Å². The number of aliphatic hydroxyl groups excluding tert-OH is 1. The molecule has 9 heteroatoms. The lowest BCUT2D eigenvalue weighted by Crippen LogP contribution is -2.26. The first-order valence-corrected chi connectivity index (χ1v) is 11.1. The fourth-order valence-electron chi connectivity index (χ4n) is 4.15. The molecule has 174 valence electrons. The van der Waals surface area contributed by atoms with Gasteiger partial charge in [-0.1, -0.05) is 36.3 Å². The number of nitrogen functional groups attached to an aromatic ring is 1. The van der Waals surface area contributed by atoms with E-state index in [0.29, 0.717) is 33.5 Å². The molecule has 0 aliphatic carbocycles. The summed E-state index contributed by atoms with van der Waals surface area (Å²) in [5.41, 5.74) is 9.91. The van der Waals surface area contributed by atoms with Gasteiger partial charge >= 0.3 is 0 Å². The normalized spacial score (nSPS) is 12.0. The van der Waals surface area contributed by atoms with Gasteiger partial charge in [0.05, 0.1) is 22.0 Å². The second-order valence-corrected chi connectivity index (χ2v) is 8.33. The van der Waals surface area contributed by atoms with E-state index in [1.54, 1.807) is 16.2 Å². The van der Waals surface area contributed by atoms with Crippen molar-refractivity contribution in [1.82, 2.24) is 29.3 Å². The van der Waals surface area contributed by atoms with Gasteiger partial charge < -0.3 is 10.8 Å². The lowest BCUT2D eigenvalue weighted by Gasteiger charge is -2.16. The van der Waals surface area contributed by atoms with Crippen LogP contribution in [0.4, 0.5) is 5.82 Å². The standard InChI is InChI=1S/C26H23N7O2/c1-15-7-4-5-10-20(15)33-21(30-18-9-6-8-16(2)22(18)26(33)35)13-32-25-23(24(27)28-14-29-25)19(31-32)12-11-17(3)34/h4-10,14,17,34H,13H2,1-3H3,(H2,27,28,29)/t17-/m0/s1. The maximum Gasteiger partial charge on any atom is 0.266 e. The third-order valence-electron chi connectivity index (χ3n) is 5.78. The average Bonchev–Trinajstić information content (AvgIpc) is 3.17. The largest absolute Gasteiger partial charge is 0.383 e. The lowest BCUT2D eigenvalue weighted by molar-refractivity contribution is 0.253. The highest BCUT2D eigenvalue weighted by Gasteiger charge is 2.20. The van der Waals surface area contributed by atoms with Gasteiger partial charge in [-0.15, -0.1) is 0 Å². The molecule has 0 amide bonds. The number of fused-ring (bicyclic) bond motifs is 2. The van der Waals surface area contributed by atoms with Gasteiger partial charge in [0.1, 0.15) is 36.3 Å². The van der Waals surface area contributed by atoms with Crippen molar-refractivity contribution in [2.75, 3.05) is 5.73 Å². The van der Waals surface area contributed by atoms with E-state index in [0.717, 1.165) is 16.8 Å². The zero-order valence-corrected chi connectivity index (χ0v) is 19.5. The number of aliphatic hydroxyl groups is 1. The van der Waals surface area contributed by atoms with Gasteiger partial charge in [-0.25, -0.2) is 19.6 Å². The minimum Gasteiger partial charge on any atom is -0.383 e. The number of hydrogen-bond donors (Lipinski definition) is 2. The van der Waals surface area contributed by atoms with Crippen LogP contribution in [0.5, 0.6) is 0 Å². The van der Waals surface area contributed by atoms with Crippen molar-refractivity contribution < 1.29 is 5.11 Å². The number of anilines is 1. The second kappa shape index (κ2) is 8.66.